The molecule has 0 bridgehead atoms. The Kier molecular flexibility index (Phi) is 8.55. The monoisotopic (exact) mass is 520 g/mol. The number of rotatable bonds is 10. The van der Waals surface area contributed by atoms with Crippen LogP contribution in [0.2, 0.25) is 0 Å². The SMILES string of the molecule is COc1cnc(CC(=O)C[C@H]2CCCN(c3ccc(C4(CNS(C)(=O)=O)CC4)cc3)C2=O)cn1.S. The molecule has 4 rings (SSSR count). The van der Waals surface area contributed by atoms with Crippen LogP contribution in [0.15, 0.2) is 36.7 Å². The van der Waals surface area contributed by atoms with Crippen LogP contribution < -0.4 is 14.4 Å². The van der Waals surface area contributed by atoms with Crippen molar-refractivity contribution in [3.05, 3.63) is 47.9 Å². The highest BCUT2D eigenvalue weighted by Crippen LogP contribution is 2.48. The molecule has 1 saturated heterocycles. The summed E-state index contributed by atoms with van der Waals surface area (Å²) in [6.45, 7) is 1.00. The second-order valence-corrected chi connectivity index (χ2v) is 11.1. The van der Waals surface area contributed by atoms with Gasteiger partial charge in [-0.25, -0.2) is 18.1 Å². The molecule has 1 saturated carbocycles. The first-order chi connectivity index (χ1) is 16.2. The van der Waals surface area contributed by atoms with Gasteiger partial charge in [0.05, 0.1) is 37.9 Å². The van der Waals surface area contributed by atoms with Gasteiger partial charge in [-0.05, 0) is 43.4 Å². The molecule has 0 radical (unpaired) electrons. The van der Waals surface area contributed by atoms with Gasteiger partial charge < -0.3 is 9.64 Å². The van der Waals surface area contributed by atoms with Crippen molar-refractivity contribution in [1.29, 1.82) is 0 Å². The number of methoxy groups -OCH3 is 1. The maximum absolute atomic E-state index is 13.2. The summed E-state index contributed by atoms with van der Waals surface area (Å²) in [6.07, 6.45) is 7.86. The van der Waals surface area contributed by atoms with E-state index in [-0.39, 0.29) is 49.4 Å². The van der Waals surface area contributed by atoms with E-state index >= 15 is 0 Å². The zero-order valence-corrected chi connectivity index (χ0v) is 21.8. The zero-order chi connectivity index (χ0) is 24.3. The van der Waals surface area contributed by atoms with E-state index in [1.165, 1.54) is 25.8 Å². The normalized spacial score (nSPS) is 19.1. The summed E-state index contributed by atoms with van der Waals surface area (Å²) in [6, 6.07) is 7.81. The topological polar surface area (TPSA) is 119 Å². The van der Waals surface area contributed by atoms with Crippen LogP contribution in [0, 0.1) is 5.92 Å². The third kappa shape index (κ3) is 6.80. The molecule has 0 spiro atoms. The highest BCUT2D eigenvalue weighted by Gasteiger charge is 2.44. The van der Waals surface area contributed by atoms with Crippen molar-refractivity contribution in [2.75, 3.05) is 31.4 Å². The molecule has 2 aromatic rings. The molecule has 1 aliphatic carbocycles. The fourth-order valence-corrected chi connectivity index (χ4v) is 5.01. The van der Waals surface area contributed by atoms with Gasteiger partial charge in [-0.1, -0.05) is 12.1 Å². The quantitative estimate of drug-likeness (QED) is 0.510. The van der Waals surface area contributed by atoms with Crippen molar-refractivity contribution < 1.29 is 22.7 Å². The van der Waals surface area contributed by atoms with Gasteiger partial charge in [-0.3, -0.25) is 14.6 Å². The van der Waals surface area contributed by atoms with Gasteiger partial charge in [-0.2, -0.15) is 13.5 Å². The molecule has 1 aromatic heterocycles. The van der Waals surface area contributed by atoms with E-state index < -0.39 is 10.0 Å². The largest absolute Gasteiger partial charge is 0.480 e. The van der Waals surface area contributed by atoms with Crippen LogP contribution in [0.5, 0.6) is 5.88 Å². The van der Waals surface area contributed by atoms with E-state index in [2.05, 4.69) is 14.7 Å². The Balaban J connectivity index is 0.00000342. The zero-order valence-electron chi connectivity index (χ0n) is 20.0. The molecule has 35 heavy (non-hydrogen) atoms. The number of piperidine rings is 1. The minimum absolute atomic E-state index is 0. The minimum atomic E-state index is -3.24. The van der Waals surface area contributed by atoms with Crippen LogP contribution >= 0.6 is 13.5 Å². The number of sulfonamides is 1. The number of carbonyl (C=O) groups is 2. The van der Waals surface area contributed by atoms with E-state index in [0.29, 0.717) is 31.1 Å². The number of Topliss-reactive ketones (excluding diaryl/α,β-unsaturated/α-hetero) is 1. The average molecular weight is 521 g/mol. The van der Waals surface area contributed by atoms with Crippen LogP contribution in [0.1, 0.15) is 43.4 Å². The Morgan fingerprint density at radius 2 is 1.91 bits per heavy atom. The summed E-state index contributed by atoms with van der Waals surface area (Å²) < 4.78 is 30.6. The Labute approximate surface area is 213 Å². The molecule has 11 heteroatoms. The Morgan fingerprint density at radius 1 is 1.20 bits per heavy atom. The van der Waals surface area contributed by atoms with E-state index in [0.717, 1.165) is 30.5 Å². The molecule has 1 atom stereocenters. The van der Waals surface area contributed by atoms with Gasteiger partial charge >= 0.3 is 0 Å². The number of ether oxygens (including phenoxy) is 1. The highest BCUT2D eigenvalue weighted by molar-refractivity contribution is 7.88. The lowest BCUT2D eigenvalue weighted by atomic mass is 9.90. The summed E-state index contributed by atoms with van der Waals surface area (Å²) in [4.78, 5) is 35.8. The maximum Gasteiger partial charge on any atom is 0.231 e. The van der Waals surface area contributed by atoms with Crippen LogP contribution in [0.25, 0.3) is 0 Å². The number of nitrogens with zero attached hydrogens (tertiary/aromatic N) is 3. The first-order valence-electron chi connectivity index (χ1n) is 11.4. The molecule has 1 aliphatic heterocycles. The molecule has 1 amide bonds. The standard InChI is InChI=1S/C24H30N4O5S.H2S/c1-33-22-15-25-19(14-26-22)13-21(29)12-17-4-3-11-28(23(17)30)20-7-5-18(6-8-20)24(9-10-24)16-27-34(2,31)32;/h5-8,14-15,17,27H,3-4,9-13,16H2,1-2H3;1H2/t17-;/m1./s1. The molecule has 2 aliphatic rings. The number of hydrogen-bond donors (Lipinski definition) is 1. The van der Waals surface area contributed by atoms with Crippen molar-refractivity contribution in [2.45, 2.75) is 43.9 Å². The van der Waals surface area contributed by atoms with Crippen LogP contribution in [0.4, 0.5) is 5.69 Å². The van der Waals surface area contributed by atoms with E-state index in [9.17, 15) is 18.0 Å². The Hall–Kier alpha value is -2.50. The van der Waals surface area contributed by atoms with Crippen molar-refractivity contribution >= 4 is 40.9 Å². The van der Waals surface area contributed by atoms with Crippen molar-refractivity contribution in [1.82, 2.24) is 14.7 Å². The van der Waals surface area contributed by atoms with Gasteiger partial charge in [-0.15, -0.1) is 0 Å². The third-order valence-electron chi connectivity index (χ3n) is 6.61. The number of hydrogen-bond acceptors (Lipinski definition) is 7. The molecule has 9 nitrogen and oxygen atoms in total. The van der Waals surface area contributed by atoms with Gasteiger partial charge in [0.1, 0.15) is 5.78 Å². The number of carbonyl (C=O) groups excluding carboxylic acids is 2. The third-order valence-corrected chi connectivity index (χ3v) is 7.28. The summed E-state index contributed by atoms with van der Waals surface area (Å²) in [5.41, 5.74) is 2.27. The molecule has 1 aromatic carbocycles. The van der Waals surface area contributed by atoms with Crippen molar-refractivity contribution in [3.8, 4) is 5.88 Å². The Bertz CT molecular complexity index is 1150. The predicted molar refractivity (Wildman–Crippen MR) is 138 cm³/mol. The van der Waals surface area contributed by atoms with Crippen LogP contribution in [0.3, 0.4) is 0 Å². The number of anilines is 1. The minimum Gasteiger partial charge on any atom is -0.480 e. The average Bonchev–Trinajstić information content (AvgIpc) is 3.61. The summed E-state index contributed by atoms with van der Waals surface area (Å²) >= 11 is 0. The van der Waals surface area contributed by atoms with Crippen molar-refractivity contribution in [2.24, 2.45) is 5.92 Å². The number of nitrogens with one attached hydrogen (secondary N) is 1. The molecule has 2 heterocycles. The van der Waals surface area contributed by atoms with Crippen molar-refractivity contribution in [3.63, 3.8) is 0 Å². The lowest BCUT2D eigenvalue weighted by Crippen LogP contribution is -2.42. The number of ketones is 1. The molecular weight excluding hydrogens is 488 g/mol. The lowest BCUT2D eigenvalue weighted by molar-refractivity contribution is -0.128. The smallest absolute Gasteiger partial charge is 0.231 e. The fraction of sp³-hybridized carbons (Fsp3) is 0.500. The first-order valence-corrected chi connectivity index (χ1v) is 13.3. The molecule has 190 valence electrons. The van der Waals surface area contributed by atoms with Gasteiger partial charge in [0, 0.05) is 36.5 Å². The molecule has 1 N–H and O–H groups in total. The number of aromatic nitrogens is 2. The van der Waals surface area contributed by atoms with E-state index in [1.807, 2.05) is 24.3 Å². The highest BCUT2D eigenvalue weighted by atomic mass is 32.2. The lowest BCUT2D eigenvalue weighted by Gasteiger charge is -2.32. The van der Waals surface area contributed by atoms with Gasteiger partial charge in [0.25, 0.3) is 0 Å². The molecule has 0 unspecified atom stereocenters. The molecular formula is C24H32N4O5S2. The maximum atomic E-state index is 13.2. The van der Waals surface area contributed by atoms with E-state index in [1.54, 1.807) is 4.90 Å². The van der Waals surface area contributed by atoms with Gasteiger partial charge in [0.2, 0.25) is 21.8 Å². The number of benzene rings is 1. The predicted octanol–water partition coefficient (Wildman–Crippen LogP) is 2.12. The Morgan fingerprint density at radius 3 is 2.49 bits per heavy atom. The van der Waals surface area contributed by atoms with Gasteiger partial charge in [0.15, 0.2) is 0 Å². The van der Waals surface area contributed by atoms with Crippen LogP contribution in [-0.4, -0.2) is 56.5 Å². The summed E-state index contributed by atoms with van der Waals surface area (Å²) in [5.74, 6) is -0.0300. The second kappa shape index (κ2) is 11.0. The first kappa shape index (κ1) is 27.1. The summed E-state index contributed by atoms with van der Waals surface area (Å²) in [7, 11) is -1.74. The number of amides is 1. The fourth-order valence-electron chi connectivity index (χ4n) is 4.47. The summed E-state index contributed by atoms with van der Waals surface area (Å²) in [5, 5.41) is 0. The molecule has 2 fully saturated rings. The van der Waals surface area contributed by atoms with Crippen LogP contribution in [-0.2, 0) is 31.4 Å². The van der Waals surface area contributed by atoms with E-state index in [4.69, 9.17) is 4.74 Å². The second-order valence-electron chi connectivity index (χ2n) is 9.22.